The summed E-state index contributed by atoms with van der Waals surface area (Å²) in [5, 5.41) is 10.5. The number of rotatable bonds is 2. The van der Waals surface area contributed by atoms with Crippen LogP contribution in [0.1, 0.15) is 6.92 Å². The summed E-state index contributed by atoms with van der Waals surface area (Å²) < 4.78 is 0.364. The molecule has 0 aromatic carbocycles. The molecule has 1 aliphatic carbocycles. The Morgan fingerprint density at radius 2 is 2.25 bits per heavy atom. The van der Waals surface area contributed by atoms with E-state index in [-0.39, 0.29) is 6.61 Å². The van der Waals surface area contributed by atoms with Gasteiger partial charge in [0.25, 0.3) is 5.71 Å². The van der Waals surface area contributed by atoms with E-state index in [1.807, 2.05) is 0 Å². The van der Waals surface area contributed by atoms with E-state index in [4.69, 9.17) is 4.84 Å². The number of carbonyl (C=O) groups is 2. The second-order valence-electron chi connectivity index (χ2n) is 3.28. The zero-order valence-corrected chi connectivity index (χ0v) is 8.66. The van der Waals surface area contributed by atoms with Gasteiger partial charge in [0.05, 0.1) is 11.3 Å². The third kappa shape index (κ3) is 1.43. The minimum atomic E-state index is -1.01. The van der Waals surface area contributed by atoms with Crippen LogP contribution in [0.2, 0.25) is 0 Å². The summed E-state index contributed by atoms with van der Waals surface area (Å²) in [4.78, 5) is 28.1. The number of nitrogens with zero attached hydrogens (tertiary/aromatic N) is 2. The maximum absolute atomic E-state index is 11.6. The molecule has 0 radical (unpaired) electrons. The molecular formula is C10H11N2O4+. The maximum atomic E-state index is 11.6. The second-order valence-corrected chi connectivity index (χ2v) is 3.28. The van der Waals surface area contributed by atoms with Crippen LogP contribution in [0, 0.1) is 0 Å². The molecule has 0 spiro atoms. The molecule has 0 aromatic rings. The van der Waals surface area contributed by atoms with Gasteiger partial charge in [-0.1, -0.05) is 12.2 Å². The third-order valence-electron chi connectivity index (χ3n) is 2.32. The molecule has 0 saturated carbocycles. The van der Waals surface area contributed by atoms with E-state index in [1.54, 1.807) is 31.2 Å². The molecule has 1 unspecified atom stereocenters. The monoisotopic (exact) mass is 223 g/mol. The maximum Gasteiger partial charge on any atom is 0.526 e. The molecule has 1 N–H and O–H groups in total. The first-order chi connectivity index (χ1) is 7.66. The Morgan fingerprint density at radius 1 is 1.50 bits per heavy atom. The predicted octanol–water partition coefficient (Wildman–Crippen LogP) is -0.356. The fourth-order valence-electron chi connectivity index (χ4n) is 1.62. The largest absolute Gasteiger partial charge is 0.526 e. The van der Waals surface area contributed by atoms with E-state index in [0.29, 0.717) is 10.5 Å². The highest BCUT2D eigenvalue weighted by atomic mass is 16.7. The zero-order valence-electron chi connectivity index (χ0n) is 8.66. The Balaban J connectivity index is 2.46. The van der Waals surface area contributed by atoms with Crippen LogP contribution >= 0.6 is 0 Å². The Labute approximate surface area is 91.6 Å². The first-order valence-corrected chi connectivity index (χ1v) is 4.88. The number of amides is 2. The van der Waals surface area contributed by atoms with Crippen molar-refractivity contribution in [1.29, 1.82) is 0 Å². The molecular weight excluding hydrogens is 212 g/mol. The van der Waals surface area contributed by atoms with Gasteiger partial charge < -0.3 is 0 Å². The topological polar surface area (TPSA) is 69.8 Å². The third-order valence-corrected chi connectivity index (χ3v) is 2.32. The quantitative estimate of drug-likeness (QED) is 0.300. The number of hydroxylamine groups is 3. The minimum Gasteiger partial charge on any atom is -0.281 e. The van der Waals surface area contributed by atoms with Crippen LogP contribution in [-0.4, -0.2) is 45.2 Å². The summed E-state index contributed by atoms with van der Waals surface area (Å²) in [6, 6.07) is -0.555. The van der Waals surface area contributed by atoms with Crippen molar-refractivity contribution in [3.63, 3.8) is 0 Å². The fraction of sp³-hybridized carbons (Fsp3) is 0.300. The standard InChI is InChI=1S/C10H11N2O4/c1-2-16-12-8-6-4-3-5-7(8)11(15)9(13)10(12)14/h3-6,8,15H,2H2,1H3/q+1. The van der Waals surface area contributed by atoms with Crippen molar-refractivity contribution in [2.45, 2.75) is 13.0 Å². The second kappa shape index (κ2) is 3.90. The fourth-order valence-corrected chi connectivity index (χ4v) is 1.62. The highest BCUT2D eigenvalue weighted by Gasteiger charge is 2.48. The van der Waals surface area contributed by atoms with Crippen molar-refractivity contribution in [2.24, 2.45) is 0 Å². The number of carbonyl (C=O) groups excluding carboxylic acids is 2. The van der Waals surface area contributed by atoms with Crippen LogP contribution in [0.25, 0.3) is 0 Å². The van der Waals surface area contributed by atoms with Crippen LogP contribution < -0.4 is 0 Å². The van der Waals surface area contributed by atoms with Gasteiger partial charge in [0, 0.05) is 6.08 Å². The molecule has 16 heavy (non-hydrogen) atoms. The van der Waals surface area contributed by atoms with Gasteiger partial charge in [0.1, 0.15) is 0 Å². The lowest BCUT2D eigenvalue weighted by atomic mass is 10.0. The van der Waals surface area contributed by atoms with Gasteiger partial charge in [-0.25, -0.2) is 4.79 Å². The molecule has 0 saturated heterocycles. The van der Waals surface area contributed by atoms with Crippen molar-refractivity contribution >= 4 is 17.5 Å². The lowest BCUT2D eigenvalue weighted by molar-refractivity contribution is -0.704. The molecule has 6 heteroatoms. The summed E-state index contributed by atoms with van der Waals surface area (Å²) >= 11 is 0. The summed E-state index contributed by atoms with van der Waals surface area (Å²) in [6.45, 7) is 1.98. The molecule has 6 nitrogen and oxygen atoms in total. The molecule has 2 amide bonds. The Kier molecular flexibility index (Phi) is 2.57. The van der Waals surface area contributed by atoms with Crippen LogP contribution in [0.3, 0.4) is 0 Å². The summed E-state index contributed by atoms with van der Waals surface area (Å²) in [5.41, 5.74) is 0.306. The summed E-state index contributed by atoms with van der Waals surface area (Å²) in [5.74, 6) is -1.89. The van der Waals surface area contributed by atoms with E-state index in [9.17, 15) is 14.8 Å². The van der Waals surface area contributed by atoms with Crippen molar-refractivity contribution < 1.29 is 24.4 Å². The van der Waals surface area contributed by atoms with Crippen LogP contribution in [0.15, 0.2) is 24.3 Å². The predicted molar refractivity (Wildman–Crippen MR) is 52.6 cm³/mol. The van der Waals surface area contributed by atoms with E-state index in [2.05, 4.69) is 0 Å². The first-order valence-electron chi connectivity index (χ1n) is 4.88. The molecule has 2 aliphatic rings. The zero-order chi connectivity index (χ0) is 11.7. The van der Waals surface area contributed by atoms with Crippen molar-refractivity contribution in [2.75, 3.05) is 6.61 Å². The van der Waals surface area contributed by atoms with Crippen molar-refractivity contribution in [3.05, 3.63) is 24.3 Å². The van der Waals surface area contributed by atoms with E-state index >= 15 is 0 Å². The van der Waals surface area contributed by atoms with Crippen LogP contribution in [-0.2, 0) is 14.4 Å². The molecule has 1 heterocycles. The summed E-state index contributed by atoms with van der Waals surface area (Å²) in [7, 11) is 0. The van der Waals surface area contributed by atoms with Gasteiger partial charge in [-0.2, -0.15) is 5.06 Å². The molecule has 2 rings (SSSR count). The van der Waals surface area contributed by atoms with Gasteiger partial charge in [0.2, 0.25) is 0 Å². The van der Waals surface area contributed by atoms with E-state index in [0.717, 1.165) is 5.06 Å². The molecule has 0 fully saturated rings. The van der Waals surface area contributed by atoms with Gasteiger partial charge in [-0.05, 0) is 13.0 Å². The van der Waals surface area contributed by atoms with Gasteiger partial charge in [0.15, 0.2) is 6.04 Å². The molecule has 1 atom stereocenters. The molecule has 84 valence electrons. The average molecular weight is 223 g/mol. The SMILES string of the molecule is CCON1C(=O)C(=O)[N+](O)=C2C=CC=CC21. The molecule has 1 aliphatic heterocycles. The number of fused-ring (bicyclic) bond motifs is 1. The minimum absolute atomic E-state index is 0.270. The lowest BCUT2D eigenvalue weighted by Crippen LogP contribution is -2.56. The normalized spacial score (nSPS) is 24.1. The van der Waals surface area contributed by atoms with Crippen LogP contribution in [0.4, 0.5) is 0 Å². The van der Waals surface area contributed by atoms with Gasteiger partial charge in [-0.3, -0.25) is 14.8 Å². The molecule has 0 bridgehead atoms. The Hall–Kier alpha value is -1.95. The van der Waals surface area contributed by atoms with E-state index < -0.39 is 17.9 Å². The van der Waals surface area contributed by atoms with Crippen LogP contribution in [0.5, 0.6) is 0 Å². The molecule has 0 aromatic heterocycles. The number of allylic oxidation sites excluding steroid dienone is 2. The smallest absolute Gasteiger partial charge is 0.281 e. The van der Waals surface area contributed by atoms with Gasteiger partial charge in [-0.15, -0.1) is 0 Å². The first kappa shape index (κ1) is 10.6. The van der Waals surface area contributed by atoms with Gasteiger partial charge >= 0.3 is 11.8 Å². The Morgan fingerprint density at radius 3 is 2.94 bits per heavy atom. The Bertz CT molecular complexity index is 436. The number of hydrogen-bond acceptors (Lipinski definition) is 4. The summed E-state index contributed by atoms with van der Waals surface area (Å²) in [6.07, 6.45) is 6.61. The van der Waals surface area contributed by atoms with Crippen molar-refractivity contribution in [3.8, 4) is 0 Å². The highest BCUT2D eigenvalue weighted by molar-refractivity contribution is 6.34. The average Bonchev–Trinajstić information content (AvgIpc) is 2.32. The number of hydrogen-bond donors (Lipinski definition) is 1. The van der Waals surface area contributed by atoms with Crippen molar-refractivity contribution in [1.82, 2.24) is 5.06 Å². The highest BCUT2D eigenvalue weighted by Crippen LogP contribution is 2.15. The van der Waals surface area contributed by atoms with E-state index in [1.165, 1.54) is 0 Å². The lowest BCUT2D eigenvalue weighted by Gasteiger charge is -2.27.